The third-order valence-corrected chi connectivity index (χ3v) is 4.94. The average molecular weight is 346 g/mol. The van der Waals surface area contributed by atoms with Crippen LogP contribution in [0.25, 0.3) is 0 Å². The Morgan fingerprint density at radius 1 is 1.08 bits per heavy atom. The highest BCUT2D eigenvalue weighted by atomic mass is 16.5. The zero-order chi connectivity index (χ0) is 17.5. The Bertz CT molecular complexity index is 578. The molecule has 1 saturated heterocycles. The molecule has 1 N–H and O–H groups in total. The number of hydrogen-bond donors (Lipinski definition) is 1. The molecule has 1 aliphatic heterocycles. The van der Waals surface area contributed by atoms with Crippen molar-refractivity contribution in [2.45, 2.75) is 44.9 Å². The van der Waals surface area contributed by atoms with Crippen molar-refractivity contribution in [2.75, 3.05) is 31.1 Å². The molecule has 136 valence electrons. The quantitative estimate of drug-likeness (QED) is 0.792. The first-order valence-corrected chi connectivity index (χ1v) is 9.25. The second-order valence-corrected chi connectivity index (χ2v) is 6.86. The van der Waals surface area contributed by atoms with Gasteiger partial charge in [0.15, 0.2) is 18.1 Å². The molecule has 7 heteroatoms. The molecular weight excluding hydrogens is 320 g/mol. The summed E-state index contributed by atoms with van der Waals surface area (Å²) in [5, 5.41) is 10.9. The summed E-state index contributed by atoms with van der Waals surface area (Å²) in [4.78, 5) is 25.9. The first kappa shape index (κ1) is 17.6. The van der Waals surface area contributed by atoms with Crippen molar-refractivity contribution in [3.63, 3.8) is 0 Å². The van der Waals surface area contributed by atoms with Crippen molar-refractivity contribution in [3.05, 3.63) is 17.8 Å². The van der Waals surface area contributed by atoms with Crippen LogP contribution >= 0.6 is 0 Å². The number of nitrogens with zero attached hydrogens (tertiary/aromatic N) is 3. The van der Waals surface area contributed by atoms with E-state index < -0.39 is 5.97 Å². The van der Waals surface area contributed by atoms with E-state index in [2.05, 4.69) is 20.4 Å². The van der Waals surface area contributed by atoms with Crippen LogP contribution in [0.1, 0.15) is 55.4 Å². The van der Waals surface area contributed by atoms with E-state index in [4.69, 9.17) is 4.74 Å². The fourth-order valence-electron chi connectivity index (χ4n) is 3.45. The van der Waals surface area contributed by atoms with Gasteiger partial charge in [0, 0.05) is 19.6 Å². The molecule has 25 heavy (non-hydrogen) atoms. The molecule has 1 aromatic heterocycles. The van der Waals surface area contributed by atoms with Crippen molar-refractivity contribution in [1.82, 2.24) is 15.5 Å². The summed E-state index contributed by atoms with van der Waals surface area (Å²) < 4.78 is 5.03. The molecule has 0 unspecified atom stereocenters. The van der Waals surface area contributed by atoms with Crippen LogP contribution in [0.2, 0.25) is 0 Å². The van der Waals surface area contributed by atoms with Gasteiger partial charge >= 0.3 is 5.97 Å². The van der Waals surface area contributed by atoms with Crippen molar-refractivity contribution >= 4 is 17.7 Å². The highest BCUT2D eigenvalue weighted by Crippen LogP contribution is 2.22. The Hall–Kier alpha value is -2.18. The zero-order valence-corrected chi connectivity index (χ0v) is 14.6. The summed E-state index contributed by atoms with van der Waals surface area (Å²) in [7, 11) is 0. The SMILES string of the molecule is O=C(COC(=O)c1ccc(N2CCCC2)nn1)NCC1CCCCC1. The number of rotatable bonds is 6. The third kappa shape index (κ3) is 5.14. The number of amides is 1. The van der Waals surface area contributed by atoms with E-state index in [-0.39, 0.29) is 18.2 Å². The van der Waals surface area contributed by atoms with E-state index in [1.54, 1.807) is 12.1 Å². The van der Waals surface area contributed by atoms with Gasteiger partial charge in [0.25, 0.3) is 5.91 Å². The average Bonchev–Trinajstić information content (AvgIpc) is 3.20. The lowest BCUT2D eigenvalue weighted by atomic mass is 9.89. The van der Waals surface area contributed by atoms with Crippen LogP contribution in [-0.4, -0.2) is 48.3 Å². The van der Waals surface area contributed by atoms with Gasteiger partial charge in [-0.1, -0.05) is 19.3 Å². The summed E-state index contributed by atoms with van der Waals surface area (Å²) >= 11 is 0. The summed E-state index contributed by atoms with van der Waals surface area (Å²) in [6.45, 7) is 2.33. The van der Waals surface area contributed by atoms with Gasteiger partial charge in [0.1, 0.15) is 0 Å². The molecular formula is C18H26N4O3. The standard InChI is InChI=1S/C18H26N4O3/c23-17(19-12-14-6-2-1-3-7-14)13-25-18(24)15-8-9-16(21-20-15)22-10-4-5-11-22/h8-9,14H,1-7,10-13H2,(H,19,23). The van der Waals surface area contributed by atoms with Crippen molar-refractivity contribution in [3.8, 4) is 0 Å². The van der Waals surface area contributed by atoms with E-state index in [0.29, 0.717) is 12.5 Å². The molecule has 1 aliphatic carbocycles. The minimum absolute atomic E-state index is 0.128. The molecule has 0 spiro atoms. The molecule has 0 bridgehead atoms. The Kier molecular flexibility index (Phi) is 6.19. The second kappa shape index (κ2) is 8.78. The van der Waals surface area contributed by atoms with Gasteiger partial charge in [-0.25, -0.2) is 4.79 Å². The largest absolute Gasteiger partial charge is 0.451 e. The number of esters is 1. The topological polar surface area (TPSA) is 84.4 Å². The zero-order valence-electron chi connectivity index (χ0n) is 14.6. The lowest BCUT2D eigenvalue weighted by molar-refractivity contribution is -0.124. The Morgan fingerprint density at radius 3 is 2.52 bits per heavy atom. The first-order valence-electron chi connectivity index (χ1n) is 9.25. The van der Waals surface area contributed by atoms with E-state index in [1.807, 2.05) is 0 Å². The number of hydrogen-bond acceptors (Lipinski definition) is 6. The van der Waals surface area contributed by atoms with Crippen LogP contribution in [0.4, 0.5) is 5.82 Å². The van der Waals surface area contributed by atoms with Crippen LogP contribution in [0.5, 0.6) is 0 Å². The third-order valence-electron chi connectivity index (χ3n) is 4.94. The van der Waals surface area contributed by atoms with E-state index in [0.717, 1.165) is 31.7 Å². The maximum Gasteiger partial charge on any atom is 0.359 e. The highest BCUT2D eigenvalue weighted by Gasteiger charge is 2.18. The first-order chi connectivity index (χ1) is 12.2. The van der Waals surface area contributed by atoms with Crippen molar-refractivity contribution < 1.29 is 14.3 Å². The second-order valence-electron chi connectivity index (χ2n) is 6.86. The molecule has 7 nitrogen and oxygen atoms in total. The number of aromatic nitrogens is 2. The van der Waals surface area contributed by atoms with Crippen molar-refractivity contribution in [1.29, 1.82) is 0 Å². The van der Waals surface area contributed by atoms with Crippen LogP contribution in [0.3, 0.4) is 0 Å². The number of anilines is 1. The Labute approximate surface area is 148 Å². The maximum absolute atomic E-state index is 12.0. The molecule has 1 saturated carbocycles. The molecule has 1 aromatic rings. The molecule has 2 heterocycles. The Balaban J connectivity index is 1.39. The molecule has 3 rings (SSSR count). The Morgan fingerprint density at radius 2 is 1.84 bits per heavy atom. The fraction of sp³-hybridized carbons (Fsp3) is 0.667. The normalized spacial score (nSPS) is 18.2. The van der Waals surface area contributed by atoms with E-state index in [1.165, 1.54) is 32.1 Å². The van der Waals surface area contributed by atoms with Gasteiger partial charge in [0.05, 0.1) is 0 Å². The smallest absolute Gasteiger partial charge is 0.359 e. The van der Waals surface area contributed by atoms with E-state index in [9.17, 15) is 9.59 Å². The molecule has 2 aliphatic rings. The number of ether oxygens (including phenoxy) is 1. The van der Waals surface area contributed by atoms with Gasteiger partial charge < -0.3 is 15.0 Å². The fourth-order valence-corrected chi connectivity index (χ4v) is 3.45. The molecule has 0 radical (unpaired) electrons. The summed E-state index contributed by atoms with van der Waals surface area (Å²) in [6.07, 6.45) is 8.41. The summed E-state index contributed by atoms with van der Waals surface area (Å²) in [6, 6.07) is 3.38. The minimum atomic E-state index is -0.617. The predicted octanol–water partition coefficient (Wildman–Crippen LogP) is 1.93. The van der Waals surface area contributed by atoms with Gasteiger partial charge in [-0.2, -0.15) is 0 Å². The van der Waals surface area contributed by atoms with Crippen LogP contribution < -0.4 is 10.2 Å². The van der Waals surface area contributed by atoms with E-state index >= 15 is 0 Å². The molecule has 1 amide bonds. The lowest BCUT2D eigenvalue weighted by Gasteiger charge is -2.21. The lowest BCUT2D eigenvalue weighted by Crippen LogP contribution is -2.33. The number of carbonyl (C=O) groups excluding carboxylic acids is 2. The van der Waals surface area contributed by atoms with Crippen LogP contribution in [0.15, 0.2) is 12.1 Å². The van der Waals surface area contributed by atoms with Gasteiger partial charge in [-0.15, -0.1) is 10.2 Å². The summed E-state index contributed by atoms with van der Waals surface area (Å²) in [5.41, 5.74) is 0.128. The van der Waals surface area contributed by atoms with Gasteiger partial charge in [0.2, 0.25) is 0 Å². The molecule has 2 fully saturated rings. The maximum atomic E-state index is 12.0. The van der Waals surface area contributed by atoms with Crippen molar-refractivity contribution in [2.24, 2.45) is 5.92 Å². The van der Waals surface area contributed by atoms with Gasteiger partial charge in [-0.05, 0) is 43.7 Å². The highest BCUT2D eigenvalue weighted by molar-refractivity contribution is 5.89. The number of nitrogens with one attached hydrogen (secondary N) is 1. The molecule has 0 atom stereocenters. The van der Waals surface area contributed by atoms with Crippen LogP contribution in [-0.2, 0) is 9.53 Å². The monoisotopic (exact) mass is 346 g/mol. The summed E-state index contributed by atoms with van der Waals surface area (Å²) in [5.74, 6) is 0.450. The molecule has 0 aromatic carbocycles. The number of carbonyl (C=O) groups is 2. The predicted molar refractivity (Wildman–Crippen MR) is 93.3 cm³/mol. The van der Waals surface area contributed by atoms with Crippen LogP contribution in [0, 0.1) is 5.92 Å². The van der Waals surface area contributed by atoms with Gasteiger partial charge in [-0.3, -0.25) is 4.79 Å². The minimum Gasteiger partial charge on any atom is -0.451 e.